The van der Waals surface area contributed by atoms with Crippen LogP contribution in [-0.2, 0) is 11.8 Å². The maximum atomic E-state index is 5.71. The van der Waals surface area contributed by atoms with E-state index < -0.39 is 0 Å². The molecular weight excluding hydrogens is 392 g/mol. The van der Waals surface area contributed by atoms with E-state index >= 15 is 0 Å². The minimum atomic E-state index is -0.369. The molecule has 0 amide bonds. The van der Waals surface area contributed by atoms with Gasteiger partial charge in [0.25, 0.3) is 0 Å². The topological polar surface area (TPSA) is 18.5 Å². The van der Waals surface area contributed by atoms with Crippen LogP contribution in [0, 0.1) is 0 Å². The number of benzene rings is 4. The van der Waals surface area contributed by atoms with E-state index in [9.17, 15) is 0 Å². The zero-order valence-corrected chi connectivity index (χ0v) is 18.1. The Bertz CT molecular complexity index is 1420. The van der Waals surface area contributed by atoms with Gasteiger partial charge in [0.1, 0.15) is 11.5 Å². The average Bonchev–Trinajstić information content (AvgIpc) is 3.46. The molecule has 0 saturated heterocycles. The summed E-state index contributed by atoms with van der Waals surface area (Å²) in [4.78, 5) is 0. The number of rotatable bonds is 2. The van der Waals surface area contributed by atoms with Crippen molar-refractivity contribution in [2.75, 3.05) is 14.2 Å². The summed E-state index contributed by atoms with van der Waals surface area (Å²) in [6.07, 6.45) is 0.975. The Morgan fingerprint density at radius 3 is 1.84 bits per heavy atom. The number of methoxy groups -OCH3 is 2. The molecule has 1 spiro atoms. The molecule has 2 nitrogen and oxygen atoms in total. The Kier molecular flexibility index (Phi) is 3.42. The van der Waals surface area contributed by atoms with E-state index in [1.807, 2.05) is 0 Å². The van der Waals surface area contributed by atoms with E-state index in [-0.39, 0.29) is 5.41 Å². The number of fused-ring (bicyclic) bond motifs is 11. The molecular formula is C30H22O2. The second-order valence-corrected chi connectivity index (χ2v) is 8.81. The molecule has 0 unspecified atom stereocenters. The van der Waals surface area contributed by atoms with E-state index in [4.69, 9.17) is 9.47 Å². The van der Waals surface area contributed by atoms with Crippen molar-refractivity contribution in [1.29, 1.82) is 0 Å². The van der Waals surface area contributed by atoms with Crippen LogP contribution in [0.2, 0.25) is 0 Å². The summed E-state index contributed by atoms with van der Waals surface area (Å²) in [6.45, 7) is 0. The molecule has 0 aromatic heterocycles. The fraction of sp³-hybridized carbons (Fsp3) is 0.133. The molecule has 154 valence electrons. The van der Waals surface area contributed by atoms with Gasteiger partial charge in [0.15, 0.2) is 0 Å². The molecule has 2 heteroatoms. The summed E-state index contributed by atoms with van der Waals surface area (Å²) in [6, 6.07) is 30.9. The second kappa shape index (κ2) is 6.14. The highest BCUT2D eigenvalue weighted by molar-refractivity contribution is 6.12. The molecule has 7 rings (SSSR count). The molecule has 0 heterocycles. The lowest BCUT2D eigenvalue weighted by atomic mass is 9.68. The minimum absolute atomic E-state index is 0.369. The normalized spacial score (nSPS) is 15.8. The third-order valence-electron chi connectivity index (χ3n) is 7.54. The number of hydrogen-bond acceptors (Lipinski definition) is 2. The summed E-state index contributed by atoms with van der Waals surface area (Å²) in [7, 11) is 3.50. The first-order valence-electron chi connectivity index (χ1n) is 11.1. The third kappa shape index (κ3) is 1.96. The molecule has 4 aromatic rings. The van der Waals surface area contributed by atoms with Crippen LogP contribution in [0.25, 0.3) is 22.3 Å². The van der Waals surface area contributed by atoms with Gasteiger partial charge < -0.3 is 9.47 Å². The molecule has 3 aliphatic rings. The average molecular weight is 415 g/mol. The zero-order chi connectivity index (χ0) is 21.4. The lowest BCUT2D eigenvalue weighted by molar-refractivity contribution is 0.413. The summed E-state index contributed by atoms with van der Waals surface area (Å²) >= 11 is 0. The van der Waals surface area contributed by atoms with Crippen molar-refractivity contribution in [3.8, 4) is 22.6 Å². The van der Waals surface area contributed by atoms with Gasteiger partial charge in [-0.3, -0.25) is 0 Å². The highest BCUT2D eigenvalue weighted by Gasteiger charge is 2.55. The summed E-state index contributed by atoms with van der Waals surface area (Å²) in [5.74, 6) is 1.78. The summed E-state index contributed by atoms with van der Waals surface area (Å²) in [5.41, 5.74) is 13.2. The minimum Gasteiger partial charge on any atom is -0.497 e. The molecule has 0 bridgehead atoms. The highest BCUT2D eigenvalue weighted by Crippen LogP contribution is 2.67. The van der Waals surface area contributed by atoms with E-state index in [1.54, 1.807) is 14.2 Å². The van der Waals surface area contributed by atoms with Crippen molar-refractivity contribution in [1.82, 2.24) is 0 Å². The van der Waals surface area contributed by atoms with Crippen LogP contribution < -0.4 is 9.47 Å². The maximum absolute atomic E-state index is 5.71. The number of ether oxygens (including phenoxy) is 2. The standard InChI is InChI=1S/C30H22O2/c1-31-19-11-13-23-24-14-12-20(32-2)17-28(24)30(27(23)16-19)26-10-6-5-9-22(26)25-15-18-7-3-4-8-21(18)29(25)30/h3-14,16-17H,15H2,1-2H3. The van der Waals surface area contributed by atoms with Crippen LogP contribution in [0.15, 0.2) is 84.9 Å². The van der Waals surface area contributed by atoms with Crippen LogP contribution >= 0.6 is 0 Å². The summed E-state index contributed by atoms with van der Waals surface area (Å²) in [5, 5.41) is 0. The Hall–Kier alpha value is -3.78. The van der Waals surface area contributed by atoms with Crippen LogP contribution in [0.4, 0.5) is 0 Å². The second-order valence-electron chi connectivity index (χ2n) is 8.81. The first-order chi connectivity index (χ1) is 15.8. The monoisotopic (exact) mass is 414 g/mol. The van der Waals surface area contributed by atoms with Crippen molar-refractivity contribution >= 4 is 11.1 Å². The van der Waals surface area contributed by atoms with Crippen molar-refractivity contribution in [3.63, 3.8) is 0 Å². The van der Waals surface area contributed by atoms with E-state index in [0.29, 0.717) is 0 Å². The highest BCUT2D eigenvalue weighted by atomic mass is 16.5. The van der Waals surface area contributed by atoms with Gasteiger partial charge in [0.2, 0.25) is 0 Å². The largest absolute Gasteiger partial charge is 0.497 e. The molecule has 0 fully saturated rings. The van der Waals surface area contributed by atoms with E-state index in [1.165, 1.54) is 55.7 Å². The van der Waals surface area contributed by atoms with Crippen LogP contribution in [-0.4, -0.2) is 14.2 Å². The SMILES string of the molecule is COc1ccc2c(c1)C1(C3=C(Cc4ccccc43)c3ccccc31)c1cc(OC)ccc1-2. The Labute approximate surface area is 187 Å². The zero-order valence-electron chi connectivity index (χ0n) is 18.1. The Morgan fingerprint density at radius 1 is 0.594 bits per heavy atom. The first kappa shape index (κ1) is 17.9. The molecule has 3 aliphatic carbocycles. The number of allylic oxidation sites excluding steroid dienone is 2. The maximum Gasteiger partial charge on any atom is 0.119 e. The third-order valence-corrected chi connectivity index (χ3v) is 7.54. The van der Waals surface area contributed by atoms with Crippen molar-refractivity contribution in [2.45, 2.75) is 11.8 Å². The molecule has 0 N–H and O–H groups in total. The quantitative estimate of drug-likeness (QED) is 0.373. The molecule has 32 heavy (non-hydrogen) atoms. The van der Waals surface area contributed by atoms with Crippen molar-refractivity contribution in [3.05, 3.63) is 118 Å². The fourth-order valence-electron chi connectivity index (χ4n) is 6.32. The molecule has 0 atom stereocenters. The Morgan fingerprint density at radius 2 is 1.19 bits per heavy atom. The lowest BCUT2D eigenvalue weighted by Crippen LogP contribution is -2.26. The van der Waals surface area contributed by atoms with Gasteiger partial charge >= 0.3 is 0 Å². The predicted octanol–water partition coefficient (Wildman–Crippen LogP) is 6.50. The van der Waals surface area contributed by atoms with E-state index in [0.717, 1.165) is 17.9 Å². The first-order valence-corrected chi connectivity index (χ1v) is 11.1. The lowest BCUT2D eigenvalue weighted by Gasteiger charge is -2.33. The fourth-order valence-corrected chi connectivity index (χ4v) is 6.32. The smallest absolute Gasteiger partial charge is 0.119 e. The molecule has 0 radical (unpaired) electrons. The van der Waals surface area contributed by atoms with Gasteiger partial charge in [-0.1, -0.05) is 60.7 Å². The number of hydrogen-bond donors (Lipinski definition) is 0. The predicted molar refractivity (Wildman–Crippen MR) is 128 cm³/mol. The van der Waals surface area contributed by atoms with E-state index in [2.05, 4.69) is 84.9 Å². The van der Waals surface area contributed by atoms with Gasteiger partial charge in [-0.25, -0.2) is 0 Å². The van der Waals surface area contributed by atoms with Gasteiger partial charge in [-0.2, -0.15) is 0 Å². The van der Waals surface area contributed by atoms with Gasteiger partial charge in [0.05, 0.1) is 19.6 Å². The van der Waals surface area contributed by atoms with Gasteiger partial charge in [-0.05, 0) is 86.3 Å². The Balaban J connectivity index is 1.68. The molecule has 4 aromatic carbocycles. The summed E-state index contributed by atoms with van der Waals surface area (Å²) < 4.78 is 11.4. The van der Waals surface area contributed by atoms with Crippen LogP contribution in [0.5, 0.6) is 11.5 Å². The van der Waals surface area contributed by atoms with Gasteiger partial charge in [-0.15, -0.1) is 0 Å². The molecule has 0 saturated carbocycles. The van der Waals surface area contributed by atoms with Crippen molar-refractivity contribution < 1.29 is 9.47 Å². The van der Waals surface area contributed by atoms with Crippen molar-refractivity contribution in [2.24, 2.45) is 0 Å². The van der Waals surface area contributed by atoms with Crippen LogP contribution in [0.3, 0.4) is 0 Å². The molecule has 0 aliphatic heterocycles. The van der Waals surface area contributed by atoms with Gasteiger partial charge in [0, 0.05) is 0 Å². The van der Waals surface area contributed by atoms with Crippen LogP contribution in [0.1, 0.15) is 33.4 Å².